The number of amides is 1. The molecule has 140 valence electrons. The highest BCUT2D eigenvalue weighted by molar-refractivity contribution is 5.95. The Morgan fingerprint density at radius 2 is 1.85 bits per heavy atom. The van der Waals surface area contributed by atoms with Crippen LogP contribution in [0.25, 0.3) is 11.0 Å². The number of likely N-dealkylation sites (tertiary alicyclic amines) is 1. The zero-order valence-electron chi connectivity index (χ0n) is 15.6. The van der Waals surface area contributed by atoms with E-state index in [9.17, 15) is 4.79 Å². The predicted octanol–water partition coefficient (Wildman–Crippen LogP) is 3.60. The van der Waals surface area contributed by atoms with Gasteiger partial charge in [-0.05, 0) is 44.2 Å². The van der Waals surface area contributed by atoms with Crippen LogP contribution >= 0.6 is 0 Å². The number of hydrogen-bond donors (Lipinski definition) is 1. The van der Waals surface area contributed by atoms with Gasteiger partial charge >= 0.3 is 0 Å². The molecule has 1 N–H and O–H groups in total. The topological polar surface area (TPSA) is 67.5 Å². The molecule has 1 fully saturated rings. The first kappa shape index (κ1) is 17.4. The normalized spacial score (nSPS) is 14.2. The van der Waals surface area contributed by atoms with E-state index < -0.39 is 0 Å². The van der Waals surface area contributed by atoms with Crippen LogP contribution in [0.3, 0.4) is 0 Å². The molecule has 0 aliphatic carbocycles. The quantitative estimate of drug-likeness (QED) is 0.725. The molecule has 0 spiro atoms. The maximum Gasteiger partial charge on any atom is 0.254 e. The minimum absolute atomic E-state index is 0.00589. The summed E-state index contributed by atoms with van der Waals surface area (Å²) in [6, 6.07) is 13.3. The van der Waals surface area contributed by atoms with Crippen LogP contribution < -0.4 is 9.47 Å². The Kier molecular flexibility index (Phi) is 4.71. The molecule has 0 radical (unpaired) electrons. The van der Waals surface area contributed by atoms with Crippen molar-refractivity contribution in [2.24, 2.45) is 0 Å². The van der Waals surface area contributed by atoms with Crippen LogP contribution in [0, 0.1) is 0 Å². The molecular formula is C21H23N3O3. The van der Waals surface area contributed by atoms with E-state index in [0.717, 1.165) is 16.9 Å². The summed E-state index contributed by atoms with van der Waals surface area (Å²) < 4.78 is 11.2. The number of rotatable bonds is 6. The van der Waals surface area contributed by atoms with Crippen LogP contribution in [0.5, 0.6) is 11.5 Å². The third kappa shape index (κ3) is 3.35. The van der Waals surface area contributed by atoms with E-state index in [4.69, 9.17) is 9.47 Å². The fraction of sp³-hybridized carbons (Fsp3) is 0.333. The average molecular weight is 365 g/mol. The van der Waals surface area contributed by atoms with Gasteiger partial charge in [0, 0.05) is 18.7 Å². The molecule has 0 unspecified atom stereocenters. The van der Waals surface area contributed by atoms with Gasteiger partial charge in [0.1, 0.15) is 5.82 Å². The van der Waals surface area contributed by atoms with Crippen LogP contribution in [0.15, 0.2) is 42.5 Å². The Bertz CT molecular complexity index is 927. The Morgan fingerprint density at radius 3 is 2.59 bits per heavy atom. The lowest BCUT2D eigenvalue weighted by Crippen LogP contribution is -2.48. The van der Waals surface area contributed by atoms with Crippen LogP contribution in [0.1, 0.15) is 35.9 Å². The number of fused-ring (bicyclic) bond motifs is 1. The van der Waals surface area contributed by atoms with Gasteiger partial charge in [-0.25, -0.2) is 4.98 Å². The number of H-pyrrole nitrogens is 1. The SMILES string of the molecule is CCOc1ccc(C(=O)N2CC(c3nc4ccccc4[nH]3)C2)cc1OCC. The Labute approximate surface area is 158 Å². The van der Waals surface area contributed by atoms with Crippen LogP contribution in [0.2, 0.25) is 0 Å². The van der Waals surface area contributed by atoms with E-state index >= 15 is 0 Å². The zero-order valence-corrected chi connectivity index (χ0v) is 15.6. The van der Waals surface area contributed by atoms with Gasteiger partial charge in [0.15, 0.2) is 11.5 Å². The number of benzene rings is 2. The second kappa shape index (κ2) is 7.31. The molecule has 27 heavy (non-hydrogen) atoms. The number of nitrogens with one attached hydrogen (secondary N) is 1. The summed E-state index contributed by atoms with van der Waals surface area (Å²) in [5, 5.41) is 0. The molecule has 2 aromatic carbocycles. The van der Waals surface area contributed by atoms with Crippen LogP contribution in [0.4, 0.5) is 0 Å². The van der Waals surface area contributed by atoms with E-state index in [0.29, 0.717) is 43.4 Å². The minimum atomic E-state index is 0.00589. The Balaban J connectivity index is 1.46. The third-order valence-electron chi connectivity index (χ3n) is 4.75. The zero-order chi connectivity index (χ0) is 18.8. The van der Waals surface area contributed by atoms with Gasteiger partial charge in [-0.2, -0.15) is 0 Å². The molecule has 3 aromatic rings. The second-order valence-corrected chi connectivity index (χ2v) is 6.57. The monoisotopic (exact) mass is 365 g/mol. The first-order valence-corrected chi connectivity index (χ1v) is 9.33. The molecule has 6 heteroatoms. The summed E-state index contributed by atoms with van der Waals surface area (Å²) >= 11 is 0. The van der Waals surface area contributed by atoms with Crippen molar-refractivity contribution in [3.8, 4) is 11.5 Å². The third-order valence-corrected chi connectivity index (χ3v) is 4.75. The summed E-state index contributed by atoms with van der Waals surface area (Å²) in [7, 11) is 0. The van der Waals surface area contributed by atoms with E-state index in [1.165, 1.54) is 0 Å². The highest BCUT2D eigenvalue weighted by atomic mass is 16.5. The van der Waals surface area contributed by atoms with Gasteiger partial charge in [0.05, 0.1) is 30.2 Å². The summed E-state index contributed by atoms with van der Waals surface area (Å²) in [6.07, 6.45) is 0. The number of para-hydroxylation sites is 2. The molecule has 0 bridgehead atoms. The number of aromatic nitrogens is 2. The maximum absolute atomic E-state index is 12.8. The summed E-state index contributed by atoms with van der Waals surface area (Å²) in [6.45, 7) is 6.24. The van der Waals surface area contributed by atoms with Crippen molar-refractivity contribution in [1.29, 1.82) is 0 Å². The van der Waals surface area contributed by atoms with Crippen molar-refractivity contribution in [3.05, 3.63) is 53.9 Å². The highest BCUT2D eigenvalue weighted by Gasteiger charge is 2.34. The first-order valence-electron chi connectivity index (χ1n) is 9.33. The lowest BCUT2D eigenvalue weighted by molar-refractivity contribution is 0.0595. The van der Waals surface area contributed by atoms with E-state index in [-0.39, 0.29) is 11.8 Å². The molecule has 2 heterocycles. The molecule has 0 atom stereocenters. The molecule has 1 saturated heterocycles. The predicted molar refractivity (Wildman–Crippen MR) is 104 cm³/mol. The van der Waals surface area contributed by atoms with Crippen molar-refractivity contribution in [2.75, 3.05) is 26.3 Å². The van der Waals surface area contributed by atoms with E-state index in [2.05, 4.69) is 9.97 Å². The molecule has 1 amide bonds. The largest absolute Gasteiger partial charge is 0.490 e. The molecule has 1 aliphatic heterocycles. The minimum Gasteiger partial charge on any atom is -0.490 e. The molecule has 1 aromatic heterocycles. The number of carbonyl (C=O) groups is 1. The number of imidazole rings is 1. The molecule has 6 nitrogen and oxygen atoms in total. The molecule has 0 saturated carbocycles. The van der Waals surface area contributed by atoms with Crippen molar-refractivity contribution >= 4 is 16.9 Å². The van der Waals surface area contributed by atoms with E-state index in [1.807, 2.05) is 43.0 Å². The summed E-state index contributed by atoms with van der Waals surface area (Å²) in [5.74, 6) is 2.47. The number of carbonyl (C=O) groups excluding carboxylic acids is 1. The smallest absolute Gasteiger partial charge is 0.254 e. The Morgan fingerprint density at radius 1 is 1.11 bits per heavy atom. The average Bonchev–Trinajstić information content (AvgIpc) is 3.05. The molecular weight excluding hydrogens is 342 g/mol. The lowest BCUT2D eigenvalue weighted by atomic mass is 9.98. The lowest BCUT2D eigenvalue weighted by Gasteiger charge is -2.38. The number of nitrogens with zero attached hydrogens (tertiary/aromatic N) is 2. The fourth-order valence-corrected chi connectivity index (χ4v) is 3.35. The van der Waals surface area contributed by atoms with Gasteiger partial charge in [-0.3, -0.25) is 4.79 Å². The highest BCUT2D eigenvalue weighted by Crippen LogP contribution is 2.32. The van der Waals surface area contributed by atoms with E-state index in [1.54, 1.807) is 18.2 Å². The van der Waals surface area contributed by atoms with Gasteiger partial charge in [0.25, 0.3) is 5.91 Å². The van der Waals surface area contributed by atoms with Crippen LogP contribution in [-0.4, -0.2) is 47.1 Å². The van der Waals surface area contributed by atoms with Gasteiger partial charge < -0.3 is 19.4 Å². The number of ether oxygens (including phenoxy) is 2. The van der Waals surface area contributed by atoms with Gasteiger partial charge in [-0.1, -0.05) is 12.1 Å². The molecule has 4 rings (SSSR count). The van der Waals surface area contributed by atoms with Gasteiger partial charge in [0.2, 0.25) is 0 Å². The van der Waals surface area contributed by atoms with Crippen LogP contribution in [-0.2, 0) is 0 Å². The van der Waals surface area contributed by atoms with Crippen molar-refractivity contribution < 1.29 is 14.3 Å². The number of hydrogen-bond acceptors (Lipinski definition) is 4. The van der Waals surface area contributed by atoms with Crippen molar-refractivity contribution in [3.63, 3.8) is 0 Å². The molecule has 1 aliphatic rings. The number of aromatic amines is 1. The fourth-order valence-electron chi connectivity index (χ4n) is 3.35. The summed E-state index contributed by atoms with van der Waals surface area (Å²) in [5.41, 5.74) is 2.61. The maximum atomic E-state index is 12.8. The first-order chi connectivity index (χ1) is 13.2. The Hall–Kier alpha value is -3.02. The van der Waals surface area contributed by atoms with Crippen molar-refractivity contribution in [1.82, 2.24) is 14.9 Å². The standard InChI is InChI=1S/C21H23N3O3/c1-3-26-18-10-9-14(11-19(18)27-4-2)21(25)24-12-15(13-24)20-22-16-7-5-6-8-17(16)23-20/h5-11,15H,3-4,12-13H2,1-2H3,(H,22,23). The second-order valence-electron chi connectivity index (χ2n) is 6.57. The van der Waals surface area contributed by atoms with Crippen molar-refractivity contribution in [2.45, 2.75) is 19.8 Å². The van der Waals surface area contributed by atoms with Gasteiger partial charge in [-0.15, -0.1) is 0 Å². The summed E-state index contributed by atoms with van der Waals surface area (Å²) in [4.78, 5) is 22.6.